The van der Waals surface area contributed by atoms with Gasteiger partial charge in [-0.2, -0.15) is 0 Å². The number of nitrogens with zero attached hydrogens (tertiary/aromatic N) is 3. The average Bonchev–Trinajstić information content (AvgIpc) is 3.19. The van der Waals surface area contributed by atoms with Gasteiger partial charge >= 0.3 is 0 Å². The summed E-state index contributed by atoms with van der Waals surface area (Å²) in [5.74, 6) is 0.874. The van der Waals surface area contributed by atoms with E-state index in [1.807, 2.05) is 21.0 Å². The van der Waals surface area contributed by atoms with Gasteiger partial charge < -0.3 is 25.0 Å². The predicted octanol–water partition coefficient (Wildman–Crippen LogP) is 4.37. The van der Waals surface area contributed by atoms with E-state index in [1.54, 1.807) is 6.07 Å². The average molecular weight is 502 g/mol. The van der Waals surface area contributed by atoms with Crippen molar-refractivity contribution >= 4 is 39.0 Å². The molecule has 1 aromatic carbocycles. The highest BCUT2D eigenvalue weighted by Crippen LogP contribution is 2.36. The second-order valence-corrected chi connectivity index (χ2v) is 10.0. The summed E-state index contributed by atoms with van der Waals surface area (Å²) < 4.78 is 25.5. The fourth-order valence-electron chi connectivity index (χ4n) is 4.03. The van der Waals surface area contributed by atoms with Crippen molar-refractivity contribution in [3.05, 3.63) is 40.8 Å². The van der Waals surface area contributed by atoms with Gasteiger partial charge in [0.25, 0.3) is 5.91 Å². The minimum absolute atomic E-state index is 0.113. The molecule has 35 heavy (non-hydrogen) atoms. The van der Waals surface area contributed by atoms with Gasteiger partial charge in [0.15, 0.2) is 0 Å². The zero-order chi connectivity index (χ0) is 24.8. The molecule has 0 aliphatic carbocycles. The number of aryl methyl sites for hydroxylation is 1. The summed E-state index contributed by atoms with van der Waals surface area (Å²) in [6, 6.07) is 4.41. The fourth-order valence-corrected chi connectivity index (χ4v) is 5.09. The normalized spacial score (nSPS) is 14.4. The maximum atomic E-state index is 14.0. The van der Waals surface area contributed by atoms with E-state index in [1.165, 1.54) is 29.8 Å². The van der Waals surface area contributed by atoms with Crippen LogP contribution in [0.15, 0.2) is 24.5 Å². The number of halogens is 1. The predicted molar refractivity (Wildman–Crippen MR) is 136 cm³/mol. The van der Waals surface area contributed by atoms with Gasteiger partial charge in [0.1, 0.15) is 28.5 Å². The molecule has 0 spiro atoms. The van der Waals surface area contributed by atoms with E-state index < -0.39 is 0 Å². The Morgan fingerprint density at radius 2 is 2.09 bits per heavy atom. The lowest BCUT2D eigenvalue weighted by Gasteiger charge is -2.23. The fraction of sp³-hybridized carbons (Fsp3) is 0.480. The standard InChI is InChI=1S/C25H32FN5O3S/c1-16-21-23(28-15-29-25(21)35-22(16)24(32)27-9-4-10-31(2)3)30-19-6-5-18(26)13-20(19)34-14-17-7-11-33-12-8-17/h5-6,13,15,17H,4,7-12,14H2,1-3H3,(H,27,32)(H,28,29,30). The van der Waals surface area contributed by atoms with Gasteiger partial charge in [0.05, 0.1) is 22.6 Å². The van der Waals surface area contributed by atoms with E-state index in [-0.39, 0.29) is 11.7 Å². The van der Waals surface area contributed by atoms with Crippen LogP contribution in [0.25, 0.3) is 10.2 Å². The molecule has 8 nitrogen and oxygen atoms in total. The molecule has 1 fully saturated rings. The Morgan fingerprint density at radius 1 is 1.29 bits per heavy atom. The number of fused-ring (bicyclic) bond motifs is 1. The second kappa shape index (κ2) is 11.7. The van der Waals surface area contributed by atoms with Gasteiger partial charge in [-0.05, 0) is 70.4 Å². The number of anilines is 2. The molecule has 2 N–H and O–H groups in total. The van der Waals surface area contributed by atoms with Crippen LogP contribution in [0.4, 0.5) is 15.9 Å². The molecule has 1 amide bonds. The topological polar surface area (TPSA) is 88.6 Å². The molecular weight excluding hydrogens is 469 g/mol. The molecule has 0 radical (unpaired) electrons. The van der Waals surface area contributed by atoms with E-state index >= 15 is 0 Å². The number of ether oxygens (including phenoxy) is 2. The highest BCUT2D eigenvalue weighted by atomic mass is 32.1. The molecule has 3 aromatic rings. The van der Waals surface area contributed by atoms with Crippen LogP contribution in [0.2, 0.25) is 0 Å². The summed E-state index contributed by atoms with van der Waals surface area (Å²) in [7, 11) is 4.02. The molecule has 1 aliphatic rings. The van der Waals surface area contributed by atoms with Crippen LogP contribution in [-0.2, 0) is 4.74 Å². The Balaban J connectivity index is 1.53. The van der Waals surface area contributed by atoms with Gasteiger partial charge in [-0.3, -0.25) is 4.79 Å². The molecule has 1 saturated heterocycles. The van der Waals surface area contributed by atoms with Gasteiger partial charge in [-0.15, -0.1) is 11.3 Å². The molecular formula is C25H32FN5O3S. The van der Waals surface area contributed by atoms with Gasteiger partial charge in [-0.25, -0.2) is 14.4 Å². The van der Waals surface area contributed by atoms with Crippen LogP contribution < -0.4 is 15.4 Å². The summed E-state index contributed by atoms with van der Waals surface area (Å²) >= 11 is 1.34. The molecule has 10 heteroatoms. The van der Waals surface area contributed by atoms with Crippen molar-refractivity contribution in [2.75, 3.05) is 52.3 Å². The number of rotatable bonds is 10. The first kappa shape index (κ1) is 25.3. The van der Waals surface area contributed by atoms with Crippen molar-refractivity contribution in [1.82, 2.24) is 20.2 Å². The summed E-state index contributed by atoms with van der Waals surface area (Å²) in [5, 5.41) is 7.06. The monoisotopic (exact) mass is 501 g/mol. The molecule has 2 aromatic heterocycles. The van der Waals surface area contributed by atoms with Crippen molar-refractivity contribution in [2.45, 2.75) is 26.2 Å². The largest absolute Gasteiger partial charge is 0.491 e. The summed E-state index contributed by atoms with van der Waals surface area (Å²) in [5.41, 5.74) is 1.42. The molecule has 0 unspecified atom stereocenters. The van der Waals surface area contributed by atoms with Gasteiger partial charge in [-0.1, -0.05) is 0 Å². The number of carbonyl (C=O) groups is 1. The Bertz CT molecular complexity index is 1160. The first-order chi connectivity index (χ1) is 16.9. The number of nitrogens with one attached hydrogen (secondary N) is 2. The third-order valence-electron chi connectivity index (χ3n) is 6.01. The van der Waals surface area contributed by atoms with E-state index in [4.69, 9.17) is 9.47 Å². The third-order valence-corrected chi connectivity index (χ3v) is 7.21. The zero-order valence-corrected chi connectivity index (χ0v) is 21.2. The van der Waals surface area contributed by atoms with E-state index in [2.05, 4.69) is 25.5 Å². The van der Waals surface area contributed by atoms with Crippen LogP contribution in [0.1, 0.15) is 34.5 Å². The lowest BCUT2D eigenvalue weighted by Crippen LogP contribution is -2.26. The highest BCUT2D eigenvalue weighted by molar-refractivity contribution is 7.20. The van der Waals surface area contributed by atoms with Crippen LogP contribution in [-0.4, -0.2) is 67.8 Å². The Hall–Kier alpha value is -2.82. The number of benzene rings is 1. The van der Waals surface area contributed by atoms with Crippen molar-refractivity contribution < 1.29 is 18.7 Å². The van der Waals surface area contributed by atoms with Crippen molar-refractivity contribution in [3.8, 4) is 5.75 Å². The second-order valence-electron chi connectivity index (χ2n) is 9.00. The Morgan fingerprint density at radius 3 is 2.86 bits per heavy atom. The van der Waals surface area contributed by atoms with E-state index in [9.17, 15) is 9.18 Å². The minimum Gasteiger partial charge on any atom is -0.491 e. The lowest BCUT2D eigenvalue weighted by atomic mass is 10.0. The first-order valence-corrected chi connectivity index (χ1v) is 12.7. The lowest BCUT2D eigenvalue weighted by molar-refractivity contribution is 0.0498. The molecule has 1 aliphatic heterocycles. The summed E-state index contributed by atoms with van der Waals surface area (Å²) in [4.78, 5) is 25.0. The highest BCUT2D eigenvalue weighted by Gasteiger charge is 2.21. The Labute approximate surface area is 208 Å². The molecule has 0 bridgehead atoms. The molecule has 0 atom stereocenters. The maximum absolute atomic E-state index is 14.0. The molecule has 0 saturated carbocycles. The number of aromatic nitrogens is 2. The number of thiophene rings is 1. The molecule has 4 rings (SSSR count). The SMILES string of the molecule is Cc1c(C(=O)NCCCN(C)C)sc2ncnc(Nc3ccc(F)cc3OCC3CCOCC3)c12. The quantitative estimate of drug-likeness (QED) is 0.399. The van der Waals surface area contributed by atoms with Gasteiger partial charge in [0.2, 0.25) is 0 Å². The Kier molecular flexibility index (Phi) is 8.48. The summed E-state index contributed by atoms with van der Waals surface area (Å²) in [6.07, 6.45) is 4.19. The summed E-state index contributed by atoms with van der Waals surface area (Å²) in [6.45, 7) is 5.35. The van der Waals surface area contributed by atoms with E-state index in [0.29, 0.717) is 46.0 Å². The molecule has 3 heterocycles. The van der Waals surface area contributed by atoms with Crippen LogP contribution in [0.5, 0.6) is 5.75 Å². The third kappa shape index (κ3) is 6.45. The van der Waals surface area contributed by atoms with Crippen LogP contribution in [0.3, 0.4) is 0 Å². The van der Waals surface area contributed by atoms with Crippen LogP contribution in [0, 0.1) is 18.7 Å². The molecule has 188 valence electrons. The minimum atomic E-state index is -0.370. The van der Waals surface area contributed by atoms with Crippen LogP contribution >= 0.6 is 11.3 Å². The number of carbonyl (C=O) groups excluding carboxylic acids is 1. The smallest absolute Gasteiger partial charge is 0.261 e. The zero-order valence-electron chi connectivity index (χ0n) is 20.4. The first-order valence-electron chi connectivity index (χ1n) is 11.9. The van der Waals surface area contributed by atoms with Crippen molar-refractivity contribution in [2.24, 2.45) is 5.92 Å². The number of hydrogen-bond acceptors (Lipinski definition) is 8. The van der Waals surface area contributed by atoms with E-state index in [0.717, 1.165) is 50.0 Å². The maximum Gasteiger partial charge on any atom is 0.261 e. The van der Waals surface area contributed by atoms with Gasteiger partial charge in [0, 0.05) is 25.8 Å². The number of hydrogen-bond donors (Lipinski definition) is 2. The number of amides is 1. The van der Waals surface area contributed by atoms with Crippen molar-refractivity contribution in [1.29, 1.82) is 0 Å². The van der Waals surface area contributed by atoms with Crippen molar-refractivity contribution in [3.63, 3.8) is 0 Å².